The summed E-state index contributed by atoms with van der Waals surface area (Å²) in [5.41, 5.74) is 5.40. The Morgan fingerprint density at radius 1 is 1.04 bits per heavy atom. The van der Waals surface area contributed by atoms with Crippen LogP contribution in [0.15, 0.2) is 0 Å². The maximum atomic E-state index is 12.4. The third-order valence-corrected chi connectivity index (χ3v) is 5.78. The van der Waals surface area contributed by atoms with Crippen molar-refractivity contribution < 1.29 is 18.0 Å². The van der Waals surface area contributed by atoms with Crippen LogP contribution in [-0.2, 0) is 19.6 Å². The maximum absolute atomic E-state index is 12.4. The smallest absolute Gasteiger partial charge is 0.236 e. The predicted octanol–water partition coefficient (Wildman–Crippen LogP) is -1.32. The molecule has 9 heteroatoms. The number of rotatable bonds is 4. The van der Waals surface area contributed by atoms with E-state index in [9.17, 15) is 18.0 Å². The first kappa shape index (κ1) is 18.2. The van der Waals surface area contributed by atoms with Gasteiger partial charge in [-0.05, 0) is 19.3 Å². The molecule has 2 heterocycles. The monoisotopic (exact) mass is 346 g/mol. The van der Waals surface area contributed by atoms with E-state index in [1.807, 2.05) is 9.80 Å². The fourth-order valence-electron chi connectivity index (χ4n) is 3.11. The van der Waals surface area contributed by atoms with Crippen LogP contribution in [0.2, 0.25) is 0 Å². The molecular formula is C14H26N4O4S. The average Bonchev–Trinajstić information content (AvgIpc) is 2.70. The number of primary amides is 1. The number of nitrogens with two attached hydrogens (primary N) is 1. The number of carbonyl (C=O) groups excluding carboxylic acids is 2. The predicted molar refractivity (Wildman–Crippen MR) is 86.0 cm³/mol. The summed E-state index contributed by atoms with van der Waals surface area (Å²) in [4.78, 5) is 27.7. The molecule has 0 radical (unpaired) electrons. The quantitative estimate of drug-likeness (QED) is 0.680. The Morgan fingerprint density at radius 2 is 1.70 bits per heavy atom. The molecule has 0 aromatic rings. The summed E-state index contributed by atoms with van der Waals surface area (Å²) in [6.45, 7) is 2.87. The molecule has 132 valence electrons. The third kappa shape index (κ3) is 5.15. The molecule has 0 saturated carbocycles. The van der Waals surface area contributed by atoms with Gasteiger partial charge >= 0.3 is 0 Å². The number of hydrogen-bond acceptors (Lipinski definition) is 5. The van der Waals surface area contributed by atoms with Crippen LogP contribution in [0.5, 0.6) is 0 Å². The molecule has 2 amide bonds. The van der Waals surface area contributed by atoms with E-state index in [1.54, 1.807) is 0 Å². The Kier molecular flexibility index (Phi) is 5.99. The molecule has 0 aliphatic carbocycles. The first-order chi connectivity index (χ1) is 10.8. The van der Waals surface area contributed by atoms with Gasteiger partial charge in [0.05, 0.1) is 18.7 Å². The van der Waals surface area contributed by atoms with Gasteiger partial charge in [-0.1, -0.05) is 0 Å². The van der Waals surface area contributed by atoms with Crippen molar-refractivity contribution in [3.8, 4) is 0 Å². The number of hydrogen-bond donors (Lipinski definition) is 1. The summed E-state index contributed by atoms with van der Waals surface area (Å²) in [6.07, 6.45) is 4.33. The Balaban J connectivity index is 2.01. The number of sulfonamides is 1. The zero-order valence-electron chi connectivity index (χ0n) is 13.6. The van der Waals surface area contributed by atoms with Gasteiger partial charge in [0.1, 0.15) is 0 Å². The van der Waals surface area contributed by atoms with E-state index < -0.39 is 21.8 Å². The Labute approximate surface area is 137 Å². The van der Waals surface area contributed by atoms with Crippen molar-refractivity contribution in [1.29, 1.82) is 0 Å². The molecule has 0 spiro atoms. The zero-order valence-corrected chi connectivity index (χ0v) is 14.4. The van der Waals surface area contributed by atoms with Crippen molar-refractivity contribution in [2.45, 2.75) is 19.3 Å². The second kappa shape index (κ2) is 7.59. The number of likely N-dealkylation sites (tertiary alicyclic amines) is 1. The second-order valence-corrected chi connectivity index (χ2v) is 8.38. The van der Waals surface area contributed by atoms with Gasteiger partial charge in [0.15, 0.2) is 0 Å². The van der Waals surface area contributed by atoms with Crippen molar-refractivity contribution >= 4 is 21.8 Å². The maximum Gasteiger partial charge on any atom is 0.236 e. The number of amides is 2. The summed E-state index contributed by atoms with van der Waals surface area (Å²) in [5, 5.41) is 0. The van der Waals surface area contributed by atoms with Crippen LogP contribution in [-0.4, -0.2) is 86.4 Å². The fourth-order valence-corrected chi connectivity index (χ4v) is 3.97. The topological polar surface area (TPSA) is 104 Å². The van der Waals surface area contributed by atoms with Gasteiger partial charge in [-0.15, -0.1) is 0 Å². The molecule has 1 unspecified atom stereocenters. The Bertz CT molecular complexity index is 545. The number of carbonyl (C=O) groups is 2. The molecule has 0 aromatic heterocycles. The van der Waals surface area contributed by atoms with Gasteiger partial charge in [0, 0.05) is 39.3 Å². The van der Waals surface area contributed by atoms with Crippen molar-refractivity contribution in [3.05, 3.63) is 0 Å². The van der Waals surface area contributed by atoms with Crippen molar-refractivity contribution in [3.63, 3.8) is 0 Å². The highest BCUT2D eigenvalue weighted by molar-refractivity contribution is 7.88. The van der Waals surface area contributed by atoms with Crippen LogP contribution >= 0.6 is 0 Å². The molecule has 0 aromatic carbocycles. The van der Waals surface area contributed by atoms with Gasteiger partial charge in [-0.2, -0.15) is 0 Å². The number of nitrogens with zero attached hydrogens (tertiary/aromatic N) is 3. The van der Waals surface area contributed by atoms with E-state index >= 15 is 0 Å². The lowest BCUT2D eigenvalue weighted by Crippen LogP contribution is -2.45. The molecule has 2 rings (SSSR count). The molecule has 2 aliphatic heterocycles. The van der Waals surface area contributed by atoms with E-state index in [1.165, 1.54) is 4.31 Å². The summed E-state index contributed by atoms with van der Waals surface area (Å²) in [6, 6.07) is 0. The lowest BCUT2D eigenvalue weighted by Gasteiger charge is -2.30. The van der Waals surface area contributed by atoms with E-state index in [0.717, 1.165) is 38.6 Å². The van der Waals surface area contributed by atoms with Crippen LogP contribution in [0.3, 0.4) is 0 Å². The Morgan fingerprint density at radius 3 is 2.26 bits per heavy atom. The van der Waals surface area contributed by atoms with Crippen molar-refractivity contribution in [1.82, 2.24) is 14.1 Å². The highest BCUT2D eigenvalue weighted by Gasteiger charge is 2.31. The fraction of sp³-hybridized carbons (Fsp3) is 0.857. The SMILES string of the molecule is CS(=O)(=O)N1CCN(CC(=O)N2CCCCC2)CC(C(N)=O)C1. The lowest BCUT2D eigenvalue weighted by molar-refractivity contribution is -0.134. The van der Waals surface area contributed by atoms with Crippen LogP contribution in [0, 0.1) is 5.92 Å². The summed E-state index contributed by atoms with van der Waals surface area (Å²) >= 11 is 0. The molecule has 2 N–H and O–H groups in total. The third-order valence-electron chi connectivity index (χ3n) is 4.51. The minimum atomic E-state index is -3.38. The molecule has 8 nitrogen and oxygen atoms in total. The zero-order chi connectivity index (χ0) is 17.0. The first-order valence-electron chi connectivity index (χ1n) is 8.02. The largest absolute Gasteiger partial charge is 0.369 e. The molecular weight excluding hydrogens is 320 g/mol. The molecule has 1 atom stereocenters. The van der Waals surface area contributed by atoms with E-state index in [2.05, 4.69) is 0 Å². The van der Waals surface area contributed by atoms with Crippen LogP contribution in [0.25, 0.3) is 0 Å². The molecule has 0 bridgehead atoms. The summed E-state index contributed by atoms with van der Waals surface area (Å²) in [5.74, 6) is -1.09. The summed E-state index contributed by atoms with van der Waals surface area (Å²) < 4.78 is 24.8. The van der Waals surface area contributed by atoms with E-state index in [4.69, 9.17) is 5.73 Å². The molecule has 2 aliphatic rings. The van der Waals surface area contributed by atoms with E-state index in [-0.39, 0.29) is 25.5 Å². The van der Waals surface area contributed by atoms with Crippen LogP contribution < -0.4 is 5.73 Å². The first-order valence-corrected chi connectivity index (χ1v) is 9.87. The van der Waals surface area contributed by atoms with Crippen molar-refractivity contribution in [2.24, 2.45) is 11.7 Å². The highest BCUT2D eigenvalue weighted by atomic mass is 32.2. The minimum absolute atomic E-state index is 0.0423. The molecule has 23 heavy (non-hydrogen) atoms. The standard InChI is InChI=1S/C14H26N4O4S/c1-23(21,22)18-8-7-16(9-12(10-18)14(15)20)11-13(19)17-5-3-2-4-6-17/h12H,2-11H2,1H3,(H2,15,20). The van der Waals surface area contributed by atoms with Crippen LogP contribution in [0.1, 0.15) is 19.3 Å². The average molecular weight is 346 g/mol. The van der Waals surface area contributed by atoms with Gasteiger partial charge in [-0.25, -0.2) is 12.7 Å². The van der Waals surface area contributed by atoms with Gasteiger partial charge < -0.3 is 10.6 Å². The van der Waals surface area contributed by atoms with Crippen LogP contribution in [0.4, 0.5) is 0 Å². The van der Waals surface area contributed by atoms with Gasteiger partial charge in [0.25, 0.3) is 0 Å². The summed E-state index contributed by atoms with van der Waals surface area (Å²) in [7, 11) is -3.38. The Hall–Kier alpha value is -1.19. The van der Waals surface area contributed by atoms with Crippen molar-refractivity contribution in [2.75, 3.05) is 52.1 Å². The lowest BCUT2D eigenvalue weighted by atomic mass is 10.1. The van der Waals surface area contributed by atoms with E-state index in [0.29, 0.717) is 13.1 Å². The molecule has 2 saturated heterocycles. The molecule has 2 fully saturated rings. The number of piperidine rings is 1. The normalized spacial score (nSPS) is 25.1. The van der Waals surface area contributed by atoms with Gasteiger partial charge in [-0.3, -0.25) is 14.5 Å². The van der Waals surface area contributed by atoms with Gasteiger partial charge in [0.2, 0.25) is 21.8 Å². The minimum Gasteiger partial charge on any atom is -0.369 e. The second-order valence-electron chi connectivity index (χ2n) is 6.40. The highest BCUT2D eigenvalue weighted by Crippen LogP contribution is 2.14.